The second-order valence-corrected chi connectivity index (χ2v) is 6.98. The fourth-order valence-electron chi connectivity index (χ4n) is 3.12. The molecule has 0 unspecified atom stereocenters. The van der Waals surface area contributed by atoms with Gasteiger partial charge in [-0.2, -0.15) is 5.26 Å². The van der Waals surface area contributed by atoms with Gasteiger partial charge >= 0.3 is 0 Å². The van der Waals surface area contributed by atoms with Crippen LogP contribution >= 0.6 is 0 Å². The fourth-order valence-corrected chi connectivity index (χ4v) is 3.12. The van der Waals surface area contributed by atoms with E-state index in [1.54, 1.807) is 7.11 Å². The third-order valence-electron chi connectivity index (χ3n) is 4.71. The lowest BCUT2D eigenvalue weighted by Crippen LogP contribution is -2.00. The minimum atomic E-state index is 0.241. The molecule has 2 aromatic carbocycles. The highest BCUT2D eigenvalue weighted by molar-refractivity contribution is 5.90. The van der Waals surface area contributed by atoms with Gasteiger partial charge in [0.15, 0.2) is 11.5 Å². The van der Waals surface area contributed by atoms with Crippen molar-refractivity contribution in [1.82, 2.24) is 0 Å². The van der Waals surface area contributed by atoms with Crippen LogP contribution in [0.15, 0.2) is 36.4 Å². The number of hydrogen-bond donors (Lipinski definition) is 1. The maximum absolute atomic E-state index is 9.67. The highest BCUT2D eigenvalue weighted by Gasteiger charge is 2.08. The van der Waals surface area contributed by atoms with Crippen molar-refractivity contribution < 1.29 is 19.3 Å². The first-order valence-corrected chi connectivity index (χ1v) is 10.4. The SMILES string of the molecule is CCOc1ccc(/C(C#N)=C/c2ccc(OCCCCCCO)c(OC)c2)cc1C. The summed E-state index contributed by atoms with van der Waals surface area (Å²) in [6.45, 7) is 5.38. The number of ether oxygens (including phenoxy) is 3. The summed E-state index contributed by atoms with van der Waals surface area (Å²) in [5.74, 6) is 2.16. The zero-order valence-corrected chi connectivity index (χ0v) is 18.1. The van der Waals surface area contributed by atoms with Gasteiger partial charge in [0.05, 0.1) is 32.0 Å². The molecular formula is C25H31NO4. The number of aliphatic hydroxyl groups excluding tert-OH is 1. The molecule has 5 nitrogen and oxygen atoms in total. The number of rotatable bonds is 12. The van der Waals surface area contributed by atoms with Crippen LogP contribution in [0, 0.1) is 18.3 Å². The average Bonchev–Trinajstić information content (AvgIpc) is 2.76. The predicted molar refractivity (Wildman–Crippen MR) is 120 cm³/mol. The number of hydrogen-bond acceptors (Lipinski definition) is 5. The quantitative estimate of drug-likeness (QED) is 0.289. The molecule has 2 aromatic rings. The molecule has 0 heterocycles. The van der Waals surface area contributed by atoms with Gasteiger partial charge in [0.2, 0.25) is 0 Å². The van der Waals surface area contributed by atoms with Crippen LogP contribution in [0.5, 0.6) is 17.2 Å². The number of methoxy groups -OCH3 is 1. The minimum Gasteiger partial charge on any atom is -0.494 e. The number of unbranched alkanes of at least 4 members (excludes halogenated alkanes) is 3. The number of aliphatic hydroxyl groups is 1. The van der Waals surface area contributed by atoms with E-state index in [1.165, 1.54) is 0 Å². The van der Waals surface area contributed by atoms with Crippen molar-refractivity contribution in [2.75, 3.05) is 26.9 Å². The maximum atomic E-state index is 9.67. The molecule has 0 aliphatic rings. The molecule has 2 rings (SSSR count). The van der Waals surface area contributed by atoms with Crippen LogP contribution in [0.4, 0.5) is 0 Å². The van der Waals surface area contributed by atoms with E-state index in [-0.39, 0.29) is 6.61 Å². The van der Waals surface area contributed by atoms with E-state index in [0.29, 0.717) is 30.3 Å². The number of nitriles is 1. The topological polar surface area (TPSA) is 71.7 Å². The third-order valence-corrected chi connectivity index (χ3v) is 4.71. The van der Waals surface area contributed by atoms with Gasteiger partial charge in [-0.1, -0.05) is 12.5 Å². The Kier molecular flexibility index (Phi) is 9.76. The van der Waals surface area contributed by atoms with E-state index >= 15 is 0 Å². The molecule has 0 aliphatic heterocycles. The minimum absolute atomic E-state index is 0.241. The summed E-state index contributed by atoms with van der Waals surface area (Å²) in [4.78, 5) is 0. The van der Waals surface area contributed by atoms with Crippen LogP contribution in [0.2, 0.25) is 0 Å². The highest BCUT2D eigenvalue weighted by atomic mass is 16.5. The summed E-state index contributed by atoms with van der Waals surface area (Å²) >= 11 is 0. The van der Waals surface area contributed by atoms with Crippen molar-refractivity contribution >= 4 is 11.6 Å². The van der Waals surface area contributed by atoms with E-state index in [9.17, 15) is 5.26 Å². The first-order chi connectivity index (χ1) is 14.6. The Hall–Kier alpha value is -2.97. The molecule has 0 radical (unpaired) electrons. The van der Waals surface area contributed by atoms with Crippen molar-refractivity contribution in [2.24, 2.45) is 0 Å². The van der Waals surface area contributed by atoms with Gasteiger partial charge in [-0.25, -0.2) is 0 Å². The number of nitrogens with zero attached hydrogens (tertiary/aromatic N) is 1. The lowest BCUT2D eigenvalue weighted by atomic mass is 10.0. The second kappa shape index (κ2) is 12.6. The van der Waals surface area contributed by atoms with Crippen LogP contribution < -0.4 is 14.2 Å². The monoisotopic (exact) mass is 409 g/mol. The van der Waals surface area contributed by atoms with Crippen LogP contribution in [0.1, 0.15) is 49.3 Å². The molecule has 0 aliphatic carbocycles. The maximum Gasteiger partial charge on any atom is 0.161 e. The standard InChI is InChI=1S/C25H31NO4/c1-4-29-23-12-10-21(15-19(23)2)22(18-26)16-20-9-11-24(25(17-20)28-3)30-14-8-6-5-7-13-27/h9-12,15-17,27H,4-8,13-14H2,1-3H3/b22-16+. The molecule has 0 atom stereocenters. The van der Waals surface area contributed by atoms with Gasteiger partial charge in [-0.15, -0.1) is 0 Å². The Labute approximate surface area is 179 Å². The molecule has 0 spiro atoms. The van der Waals surface area contributed by atoms with Gasteiger partial charge in [-0.3, -0.25) is 0 Å². The van der Waals surface area contributed by atoms with Crippen molar-refractivity contribution in [2.45, 2.75) is 39.5 Å². The molecule has 0 saturated carbocycles. The number of benzene rings is 2. The van der Waals surface area contributed by atoms with Crippen molar-refractivity contribution in [3.63, 3.8) is 0 Å². The second-order valence-electron chi connectivity index (χ2n) is 6.98. The first kappa shape index (κ1) is 23.3. The van der Waals surface area contributed by atoms with E-state index in [4.69, 9.17) is 19.3 Å². The molecule has 0 amide bonds. The molecule has 0 aromatic heterocycles. The van der Waals surface area contributed by atoms with Gasteiger partial charge in [-0.05, 0) is 86.2 Å². The summed E-state index contributed by atoms with van der Waals surface area (Å²) in [5, 5.41) is 18.5. The summed E-state index contributed by atoms with van der Waals surface area (Å²) < 4.78 is 16.9. The zero-order chi connectivity index (χ0) is 21.8. The van der Waals surface area contributed by atoms with Crippen molar-refractivity contribution in [3.8, 4) is 23.3 Å². The normalized spacial score (nSPS) is 11.1. The third kappa shape index (κ3) is 6.82. The van der Waals surface area contributed by atoms with Gasteiger partial charge in [0.25, 0.3) is 0 Å². The Morgan fingerprint density at radius 2 is 1.77 bits per heavy atom. The van der Waals surface area contributed by atoms with E-state index in [1.807, 2.05) is 56.3 Å². The molecule has 30 heavy (non-hydrogen) atoms. The summed E-state index contributed by atoms with van der Waals surface area (Å²) in [6, 6.07) is 13.7. The van der Waals surface area contributed by atoms with Gasteiger partial charge in [0, 0.05) is 6.61 Å². The lowest BCUT2D eigenvalue weighted by molar-refractivity contribution is 0.268. The van der Waals surface area contributed by atoms with Crippen molar-refractivity contribution in [1.29, 1.82) is 5.26 Å². The first-order valence-electron chi connectivity index (χ1n) is 10.4. The Bertz CT molecular complexity index is 883. The number of allylic oxidation sites excluding steroid dienone is 1. The Balaban J connectivity index is 2.13. The molecule has 5 heteroatoms. The van der Waals surface area contributed by atoms with Crippen molar-refractivity contribution in [3.05, 3.63) is 53.1 Å². The smallest absolute Gasteiger partial charge is 0.161 e. The van der Waals surface area contributed by atoms with Crippen LogP contribution in [0.3, 0.4) is 0 Å². The Morgan fingerprint density at radius 1 is 1.00 bits per heavy atom. The molecule has 160 valence electrons. The summed E-state index contributed by atoms with van der Waals surface area (Å²) in [7, 11) is 1.61. The molecular weight excluding hydrogens is 378 g/mol. The zero-order valence-electron chi connectivity index (χ0n) is 18.1. The number of aryl methyl sites for hydroxylation is 1. The van der Waals surface area contributed by atoms with Gasteiger partial charge in [0.1, 0.15) is 5.75 Å². The van der Waals surface area contributed by atoms with E-state index in [2.05, 4.69) is 6.07 Å². The molecule has 0 saturated heterocycles. The highest BCUT2D eigenvalue weighted by Crippen LogP contribution is 2.31. The predicted octanol–water partition coefficient (Wildman–Crippen LogP) is 5.40. The van der Waals surface area contributed by atoms with Crippen LogP contribution in [-0.4, -0.2) is 32.0 Å². The molecule has 0 bridgehead atoms. The van der Waals surface area contributed by atoms with Gasteiger partial charge < -0.3 is 19.3 Å². The van der Waals surface area contributed by atoms with Crippen LogP contribution in [0.25, 0.3) is 11.6 Å². The van der Waals surface area contributed by atoms with E-state index < -0.39 is 0 Å². The Morgan fingerprint density at radius 3 is 2.43 bits per heavy atom. The molecule has 0 fully saturated rings. The molecule has 1 N–H and O–H groups in total. The fraction of sp³-hybridized carbons (Fsp3) is 0.400. The largest absolute Gasteiger partial charge is 0.494 e. The van der Waals surface area contributed by atoms with Crippen LogP contribution in [-0.2, 0) is 0 Å². The van der Waals surface area contributed by atoms with E-state index in [0.717, 1.165) is 48.1 Å². The average molecular weight is 410 g/mol. The summed E-state index contributed by atoms with van der Waals surface area (Å²) in [5.41, 5.74) is 3.28. The lowest BCUT2D eigenvalue weighted by Gasteiger charge is -2.12. The summed E-state index contributed by atoms with van der Waals surface area (Å²) in [6.07, 6.45) is 5.63.